The average molecular weight is 372 g/mol. The van der Waals surface area contributed by atoms with E-state index in [9.17, 15) is 9.59 Å². The average Bonchev–Trinajstić information content (AvgIpc) is 2.63. The second kappa shape index (κ2) is 7.62. The number of rotatable bonds is 5. The van der Waals surface area contributed by atoms with Gasteiger partial charge < -0.3 is 14.5 Å². The Bertz CT molecular complexity index is 1030. The van der Waals surface area contributed by atoms with Gasteiger partial charge in [-0.2, -0.15) is 0 Å². The summed E-state index contributed by atoms with van der Waals surface area (Å²) in [5.74, 6) is 0.0755. The van der Waals surface area contributed by atoms with Crippen molar-refractivity contribution in [1.82, 2.24) is 0 Å². The minimum absolute atomic E-state index is 0.0703. The first kappa shape index (κ1) is 18.0. The van der Waals surface area contributed by atoms with Crippen LogP contribution in [-0.4, -0.2) is 12.5 Å². The van der Waals surface area contributed by atoms with E-state index in [1.54, 1.807) is 43.3 Å². The molecule has 1 heterocycles. The molecule has 0 bridgehead atoms. The smallest absolute Gasteiger partial charge is 0.349 e. The fraction of sp³-hybridized carbons (Fsp3) is 0.200. The summed E-state index contributed by atoms with van der Waals surface area (Å²) in [7, 11) is 0. The minimum Gasteiger partial charge on any atom is -0.493 e. The van der Waals surface area contributed by atoms with E-state index in [0.717, 1.165) is 12.0 Å². The van der Waals surface area contributed by atoms with E-state index in [4.69, 9.17) is 20.8 Å². The maximum absolute atomic E-state index is 12.5. The van der Waals surface area contributed by atoms with Gasteiger partial charge in [0.1, 0.15) is 16.9 Å². The number of amides is 1. The van der Waals surface area contributed by atoms with Gasteiger partial charge in [-0.05, 0) is 49.2 Å². The van der Waals surface area contributed by atoms with Crippen LogP contribution in [0.5, 0.6) is 5.75 Å². The number of halogens is 1. The van der Waals surface area contributed by atoms with Crippen LogP contribution in [-0.2, 0) is 0 Å². The zero-order valence-corrected chi connectivity index (χ0v) is 15.2. The Morgan fingerprint density at radius 1 is 1.23 bits per heavy atom. The molecule has 0 saturated carbocycles. The molecule has 0 unspecified atom stereocenters. The highest BCUT2D eigenvalue weighted by atomic mass is 35.5. The number of hydrogen-bond acceptors (Lipinski definition) is 4. The lowest BCUT2D eigenvalue weighted by Gasteiger charge is -2.09. The molecule has 0 fully saturated rings. The van der Waals surface area contributed by atoms with Gasteiger partial charge >= 0.3 is 5.63 Å². The molecule has 134 valence electrons. The lowest BCUT2D eigenvalue weighted by molar-refractivity contribution is 0.102. The van der Waals surface area contributed by atoms with Crippen LogP contribution in [0.25, 0.3) is 11.0 Å². The van der Waals surface area contributed by atoms with Crippen LogP contribution in [0.2, 0.25) is 5.02 Å². The normalized spacial score (nSPS) is 10.7. The molecular formula is C20H18ClNO4. The minimum atomic E-state index is -0.706. The van der Waals surface area contributed by atoms with Gasteiger partial charge in [0.15, 0.2) is 0 Å². The fourth-order valence-electron chi connectivity index (χ4n) is 2.49. The van der Waals surface area contributed by atoms with E-state index < -0.39 is 11.5 Å². The SMILES string of the molecule is CCCOc1ccc2cc(C(=O)Nc3cccc(Cl)c3C)c(=O)oc2c1. The van der Waals surface area contributed by atoms with Gasteiger partial charge in [-0.15, -0.1) is 0 Å². The van der Waals surface area contributed by atoms with Gasteiger partial charge in [0, 0.05) is 22.2 Å². The lowest BCUT2D eigenvalue weighted by Crippen LogP contribution is -2.21. The maximum atomic E-state index is 12.5. The summed E-state index contributed by atoms with van der Waals surface area (Å²) in [6.07, 6.45) is 0.879. The summed E-state index contributed by atoms with van der Waals surface area (Å²) in [5.41, 5.74) is 0.872. The van der Waals surface area contributed by atoms with E-state index in [-0.39, 0.29) is 5.56 Å². The van der Waals surface area contributed by atoms with Gasteiger partial charge in [0.05, 0.1) is 6.61 Å². The van der Waals surface area contributed by atoms with E-state index >= 15 is 0 Å². The molecule has 26 heavy (non-hydrogen) atoms. The van der Waals surface area contributed by atoms with E-state index in [0.29, 0.717) is 34.0 Å². The van der Waals surface area contributed by atoms with Crippen LogP contribution < -0.4 is 15.7 Å². The number of fused-ring (bicyclic) bond motifs is 1. The third-order valence-corrected chi connectivity index (χ3v) is 4.35. The Labute approximate surface area is 155 Å². The molecule has 0 aliphatic carbocycles. The summed E-state index contributed by atoms with van der Waals surface area (Å²) >= 11 is 6.06. The predicted octanol–water partition coefficient (Wildman–Crippen LogP) is 4.80. The highest BCUT2D eigenvalue weighted by molar-refractivity contribution is 6.31. The Kier molecular flexibility index (Phi) is 5.28. The van der Waals surface area contributed by atoms with Gasteiger partial charge in [0.25, 0.3) is 5.91 Å². The third-order valence-electron chi connectivity index (χ3n) is 3.94. The molecule has 0 saturated heterocycles. The van der Waals surface area contributed by atoms with Gasteiger partial charge in [0.2, 0.25) is 0 Å². The van der Waals surface area contributed by atoms with Crippen LogP contribution in [0.3, 0.4) is 0 Å². The number of ether oxygens (including phenoxy) is 1. The second-order valence-electron chi connectivity index (χ2n) is 5.86. The summed E-state index contributed by atoms with van der Waals surface area (Å²) in [5, 5.41) is 3.88. The van der Waals surface area contributed by atoms with E-state index in [2.05, 4.69) is 5.32 Å². The fourth-order valence-corrected chi connectivity index (χ4v) is 2.67. The second-order valence-corrected chi connectivity index (χ2v) is 6.27. The quantitative estimate of drug-likeness (QED) is 0.654. The van der Waals surface area contributed by atoms with Crippen LogP contribution in [0.4, 0.5) is 5.69 Å². The van der Waals surface area contributed by atoms with Crippen molar-refractivity contribution in [3.05, 3.63) is 69.0 Å². The van der Waals surface area contributed by atoms with Crippen molar-refractivity contribution in [2.75, 3.05) is 11.9 Å². The molecule has 0 aliphatic heterocycles. The van der Waals surface area contributed by atoms with Crippen molar-refractivity contribution in [2.24, 2.45) is 0 Å². The molecule has 6 heteroatoms. The van der Waals surface area contributed by atoms with Crippen molar-refractivity contribution in [3.8, 4) is 5.75 Å². The monoisotopic (exact) mass is 371 g/mol. The zero-order valence-electron chi connectivity index (χ0n) is 14.5. The molecular weight excluding hydrogens is 354 g/mol. The van der Waals surface area contributed by atoms with E-state index in [1.165, 1.54) is 6.07 Å². The molecule has 1 aromatic heterocycles. The maximum Gasteiger partial charge on any atom is 0.349 e. The zero-order chi connectivity index (χ0) is 18.7. The van der Waals surface area contributed by atoms with Gasteiger partial charge in [-0.1, -0.05) is 24.6 Å². The Hall–Kier alpha value is -2.79. The highest BCUT2D eigenvalue weighted by Crippen LogP contribution is 2.24. The number of carbonyl (C=O) groups excluding carboxylic acids is 1. The first-order valence-corrected chi connectivity index (χ1v) is 8.64. The first-order chi connectivity index (χ1) is 12.5. The van der Waals surface area contributed by atoms with Gasteiger partial charge in [-0.25, -0.2) is 4.79 Å². The van der Waals surface area contributed by atoms with Crippen LogP contribution in [0.15, 0.2) is 51.7 Å². The van der Waals surface area contributed by atoms with Crippen molar-refractivity contribution in [2.45, 2.75) is 20.3 Å². The van der Waals surface area contributed by atoms with Crippen molar-refractivity contribution >= 4 is 34.2 Å². The molecule has 0 atom stereocenters. The number of anilines is 1. The van der Waals surface area contributed by atoms with Crippen molar-refractivity contribution in [1.29, 1.82) is 0 Å². The number of nitrogens with one attached hydrogen (secondary N) is 1. The Morgan fingerprint density at radius 2 is 2.04 bits per heavy atom. The molecule has 1 amide bonds. The predicted molar refractivity (Wildman–Crippen MR) is 102 cm³/mol. The number of hydrogen-bond donors (Lipinski definition) is 1. The molecule has 2 aromatic carbocycles. The van der Waals surface area contributed by atoms with Gasteiger partial charge in [-0.3, -0.25) is 4.79 Å². The number of carbonyl (C=O) groups is 1. The molecule has 5 nitrogen and oxygen atoms in total. The molecule has 0 spiro atoms. The summed E-state index contributed by atoms with van der Waals surface area (Å²) in [4.78, 5) is 24.8. The third kappa shape index (κ3) is 3.73. The number of benzene rings is 2. The topological polar surface area (TPSA) is 68.5 Å². The van der Waals surface area contributed by atoms with E-state index in [1.807, 2.05) is 6.92 Å². The largest absolute Gasteiger partial charge is 0.493 e. The molecule has 0 aliphatic rings. The molecule has 3 rings (SSSR count). The molecule has 0 radical (unpaired) electrons. The van der Waals surface area contributed by atoms with Crippen LogP contribution in [0, 0.1) is 6.92 Å². The highest BCUT2D eigenvalue weighted by Gasteiger charge is 2.15. The van der Waals surface area contributed by atoms with Crippen LogP contribution in [0.1, 0.15) is 29.3 Å². The molecule has 1 N–H and O–H groups in total. The van der Waals surface area contributed by atoms with Crippen molar-refractivity contribution < 1.29 is 13.9 Å². The molecule has 3 aromatic rings. The van der Waals surface area contributed by atoms with Crippen LogP contribution >= 0.6 is 11.6 Å². The Morgan fingerprint density at radius 3 is 2.81 bits per heavy atom. The summed E-state index contributed by atoms with van der Waals surface area (Å²) in [6.45, 7) is 4.38. The Balaban J connectivity index is 1.92. The first-order valence-electron chi connectivity index (χ1n) is 8.26. The van der Waals surface area contributed by atoms with Crippen molar-refractivity contribution in [3.63, 3.8) is 0 Å². The standard InChI is InChI=1S/C20H18ClNO4/c1-3-9-25-14-8-7-13-10-15(20(24)26-18(13)11-14)19(23)22-17-6-4-5-16(21)12(17)2/h4-8,10-11H,3,9H2,1-2H3,(H,22,23). The lowest BCUT2D eigenvalue weighted by atomic mass is 10.1. The summed E-state index contributed by atoms with van der Waals surface area (Å²) < 4.78 is 10.8. The summed E-state index contributed by atoms with van der Waals surface area (Å²) in [6, 6.07) is 11.9.